The second-order valence-electron chi connectivity index (χ2n) is 5.91. The van der Waals surface area contributed by atoms with Crippen molar-refractivity contribution >= 4 is 41.3 Å². The molecule has 2 heterocycles. The fourth-order valence-corrected chi connectivity index (χ4v) is 2.51. The smallest absolute Gasteiger partial charge is 0.269 e. The molecule has 0 aliphatic heterocycles. The first kappa shape index (κ1) is 22.5. The van der Waals surface area contributed by atoms with Crippen LogP contribution in [0.2, 0.25) is 0 Å². The number of rotatable bonds is 8. The van der Waals surface area contributed by atoms with E-state index in [2.05, 4.69) is 25.8 Å². The summed E-state index contributed by atoms with van der Waals surface area (Å²) in [7, 11) is 1.63. The quantitative estimate of drug-likeness (QED) is 0.119. The molecule has 29 heavy (non-hydrogen) atoms. The molecule has 3 aromatic rings. The Labute approximate surface area is 184 Å². The maximum atomic E-state index is 10.7. The van der Waals surface area contributed by atoms with E-state index in [-0.39, 0.29) is 29.7 Å². The second-order valence-corrected chi connectivity index (χ2v) is 5.91. The van der Waals surface area contributed by atoms with Crippen molar-refractivity contribution in [3.05, 3.63) is 70.2 Å². The molecule has 0 saturated carbocycles. The Kier molecular flexibility index (Phi) is 8.73. The van der Waals surface area contributed by atoms with Crippen molar-refractivity contribution < 1.29 is 9.66 Å². The highest BCUT2D eigenvalue weighted by molar-refractivity contribution is 14.0. The molecule has 0 aliphatic rings. The van der Waals surface area contributed by atoms with Crippen LogP contribution in [-0.4, -0.2) is 45.7 Å². The lowest BCUT2D eigenvalue weighted by molar-refractivity contribution is -0.384. The van der Waals surface area contributed by atoms with E-state index in [0.717, 1.165) is 17.0 Å². The molecule has 0 radical (unpaired) electrons. The van der Waals surface area contributed by atoms with Crippen molar-refractivity contribution in [2.45, 2.75) is 13.1 Å². The molecule has 154 valence electrons. The summed E-state index contributed by atoms with van der Waals surface area (Å²) in [5, 5.41) is 25.5. The number of aromatic nitrogens is 3. The fraction of sp³-hybridized carbons (Fsp3) is 0.278. The number of nitrogens with one attached hydrogen (secondary N) is 2. The zero-order chi connectivity index (χ0) is 19.8. The maximum absolute atomic E-state index is 10.7. The first-order valence-corrected chi connectivity index (χ1v) is 8.70. The summed E-state index contributed by atoms with van der Waals surface area (Å²) >= 11 is 0. The lowest BCUT2D eigenvalue weighted by atomic mass is 10.2. The summed E-state index contributed by atoms with van der Waals surface area (Å²) in [6.45, 7) is 1.93. The van der Waals surface area contributed by atoms with Gasteiger partial charge in [-0.1, -0.05) is 18.2 Å². The maximum Gasteiger partial charge on any atom is 0.269 e. The van der Waals surface area contributed by atoms with E-state index < -0.39 is 4.92 Å². The Morgan fingerprint density at radius 3 is 2.72 bits per heavy atom. The normalized spacial score (nSPS) is 11.1. The summed E-state index contributed by atoms with van der Waals surface area (Å²) in [6, 6.07) is 12.0. The number of non-ortho nitro benzene ring substituents is 1. The molecule has 0 saturated heterocycles. The van der Waals surface area contributed by atoms with Gasteiger partial charge >= 0.3 is 0 Å². The van der Waals surface area contributed by atoms with E-state index >= 15 is 0 Å². The van der Waals surface area contributed by atoms with Crippen LogP contribution in [0.25, 0.3) is 5.65 Å². The van der Waals surface area contributed by atoms with E-state index in [9.17, 15) is 10.1 Å². The van der Waals surface area contributed by atoms with Crippen molar-refractivity contribution in [2.75, 3.05) is 20.3 Å². The summed E-state index contributed by atoms with van der Waals surface area (Å²) in [5.74, 6) is 1.34. The molecule has 0 aliphatic carbocycles. The Balaban J connectivity index is 0.00000300. The number of nitrogens with zero attached hydrogens (tertiary/aromatic N) is 5. The van der Waals surface area contributed by atoms with Gasteiger partial charge in [0.2, 0.25) is 0 Å². The van der Waals surface area contributed by atoms with Gasteiger partial charge in [0.25, 0.3) is 5.69 Å². The van der Waals surface area contributed by atoms with Gasteiger partial charge in [0.1, 0.15) is 0 Å². The molecular formula is C18H22IN7O3. The van der Waals surface area contributed by atoms with Crippen molar-refractivity contribution in [3.63, 3.8) is 0 Å². The minimum atomic E-state index is -0.421. The molecule has 10 nitrogen and oxygen atoms in total. The van der Waals surface area contributed by atoms with Crippen LogP contribution >= 0.6 is 24.0 Å². The molecular weight excluding hydrogens is 489 g/mol. The molecule has 0 atom stereocenters. The standard InChI is InChI=1S/C18H21N7O3.HI/c1-28-11-9-19-18(20-12-14-5-7-15(8-6-14)25(26)27)21-13-17-23-22-16-4-2-3-10-24(16)17;/h2-8,10H,9,11-13H2,1H3,(H2,19,20,21);1H. The molecule has 11 heteroatoms. The van der Waals surface area contributed by atoms with E-state index in [0.29, 0.717) is 32.2 Å². The number of methoxy groups -OCH3 is 1. The highest BCUT2D eigenvalue weighted by atomic mass is 127. The van der Waals surface area contributed by atoms with Gasteiger partial charge in [0.05, 0.1) is 24.6 Å². The van der Waals surface area contributed by atoms with E-state index in [1.54, 1.807) is 19.2 Å². The summed E-state index contributed by atoms with van der Waals surface area (Å²) < 4.78 is 6.96. The lowest BCUT2D eigenvalue weighted by Gasteiger charge is -2.12. The van der Waals surface area contributed by atoms with E-state index in [1.807, 2.05) is 28.8 Å². The van der Waals surface area contributed by atoms with Crippen LogP contribution in [0.15, 0.2) is 53.7 Å². The van der Waals surface area contributed by atoms with Crippen molar-refractivity contribution in [1.29, 1.82) is 0 Å². The number of guanidine groups is 1. The number of halogens is 1. The van der Waals surface area contributed by atoms with Gasteiger partial charge in [-0.25, -0.2) is 4.99 Å². The number of hydrogen-bond acceptors (Lipinski definition) is 6. The molecule has 0 unspecified atom stereocenters. The number of aliphatic imine (C=N–C) groups is 1. The van der Waals surface area contributed by atoms with Crippen molar-refractivity contribution in [1.82, 2.24) is 25.2 Å². The number of pyridine rings is 1. The van der Waals surface area contributed by atoms with Crippen molar-refractivity contribution in [3.8, 4) is 0 Å². The number of fused-ring (bicyclic) bond motifs is 1. The molecule has 0 amide bonds. The number of benzene rings is 1. The van der Waals surface area contributed by atoms with Gasteiger partial charge in [-0.2, -0.15) is 0 Å². The van der Waals surface area contributed by atoms with Crippen LogP contribution in [0.5, 0.6) is 0 Å². The van der Waals surface area contributed by atoms with Crippen LogP contribution < -0.4 is 10.6 Å². The van der Waals surface area contributed by atoms with E-state index in [4.69, 9.17) is 4.74 Å². The van der Waals surface area contributed by atoms with Gasteiger partial charge in [0, 0.05) is 32.0 Å². The highest BCUT2D eigenvalue weighted by Gasteiger charge is 2.07. The zero-order valence-corrected chi connectivity index (χ0v) is 18.1. The topological polar surface area (TPSA) is 119 Å². The van der Waals surface area contributed by atoms with Crippen LogP contribution in [0.1, 0.15) is 11.4 Å². The Morgan fingerprint density at radius 1 is 1.21 bits per heavy atom. The van der Waals surface area contributed by atoms with Gasteiger partial charge in [-0.05, 0) is 17.7 Å². The molecule has 0 bridgehead atoms. The molecule has 0 spiro atoms. The van der Waals surface area contributed by atoms with Crippen molar-refractivity contribution in [2.24, 2.45) is 4.99 Å². The predicted molar refractivity (Wildman–Crippen MR) is 119 cm³/mol. The van der Waals surface area contributed by atoms with Gasteiger partial charge in [-0.15, -0.1) is 34.2 Å². The fourth-order valence-electron chi connectivity index (χ4n) is 2.51. The monoisotopic (exact) mass is 511 g/mol. The zero-order valence-electron chi connectivity index (χ0n) is 15.8. The summed E-state index contributed by atoms with van der Waals surface area (Å²) in [5.41, 5.74) is 1.70. The average molecular weight is 511 g/mol. The number of nitro benzene ring substituents is 1. The first-order valence-electron chi connectivity index (χ1n) is 8.70. The third-order valence-corrected chi connectivity index (χ3v) is 3.96. The minimum absolute atomic E-state index is 0. The van der Waals surface area contributed by atoms with Crippen LogP contribution in [0.4, 0.5) is 5.69 Å². The molecule has 3 rings (SSSR count). The van der Waals surface area contributed by atoms with Crippen LogP contribution in [-0.2, 0) is 17.8 Å². The Hall–Kier alpha value is -2.80. The van der Waals surface area contributed by atoms with Gasteiger partial charge in [-0.3, -0.25) is 14.5 Å². The number of ether oxygens (including phenoxy) is 1. The van der Waals surface area contributed by atoms with Gasteiger partial charge < -0.3 is 15.4 Å². The van der Waals surface area contributed by atoms with Crippen LogP contribution in [0.3, 0.4) is 0 Å². The molecule has 0 fully saturated rings. The molecule has 1 aromatic carbocycles. The third-order valence-electron chi connectivity index (χ3n) is 3.96. The summed E-state index contributed by atoms with van der Waals surface area (Å²) in [6.07, 6.45) is 1.90. The van der Waals surface area contributed by atoms with E-state index in [1.165, 1.54) is 12.1 Å². The highest BCUT2D eigenvalue weighted by Crippen LogP contribution is 2.12. The Bertz CT molecular complexity index is 960. The predicted octanol–water partition coefficient (Wildman–Crippen LogP) is 2.14. The number of nitro groups is 1. The minimum Gasteiger partial charge on any atom is -0.383 e. The number of hydrogen-bond donors (Lipinski definition) is 2. The third kappa shape index (κ3) is 6.35. The molecule has 2 aromatic heterocycles. The summed E-state index contributed by atoms with van der Waals surface area (Å²) in [4.78, 5) is 14.9. The average Bonchev–Trinajstić information content (AvgIpc) is 3.13. The second kappa shape index (κ2) is 11.3. The van der Waals surface area contributed by atoms with Gasteiger partial charge in [0.15, 0.2) is 17.4 Å². The lowest BCUT2D eigenvalue weighted by Crippen LogP contribution is -2.39. The largest absolute Gasteiger partial charge is 0.383 e. The Morgan fingerprint density at radius 2 is 2.00 bits per heavy atom. The first-order chi connectivity index (χ1) is 13.7. The molecule has 2 N–H and O–H groups in total. The van der Waals surface area contributed by atoms with Crippen LogP contribution in [0, 0.1) is 10.1 Å². The SMILES string of the molecule is COCCNC(=NCc1ccc([N+](=O)[O-])cc1)NCc1nnc2ccccn12.I.